The lowest BCUT2D eigenvalue weighted by atomic mass is 10.0. The van der Waals surface area contributed by atoms with E-state index in [0.717, 1.165) is 47.8 Å². The van der Waals surface area contributed by atoms with Crippen LogP contribution in [0.25, 0.3) is 11.6 Å². The van der Waals surface area contributed by atoms with Gasteiger partial charge in [-0.1, -0.05) is 11.6 Å². The van der Waals surface area contributed by atoms with Crippen molar-refractivity contribution in [2.24, 2.45) is 0 Å². The van der Waals surface area contributed by atoms with Crippen LogP contribution < -0.4 is 10.6 Å². The van der Waals surface area contributed by atoms with Crippen molar-refractivity contribution in [2.75, 3.05) is 31.5 Å². The van der Waals surface area contributed by atoms with E-state index in [9.17, 15) is 9.59 Å². The van der Waals surface area contributed by atoms with Gasteiger partial charge in [0.15, 0.2) is 0 Å². The number of hydrogen-bond acceptors (Lipinski definition) is 3. The lowest BCUT2D eigenvalue weighted by Crippen LogP contribution is -2.33. The third-order valence-electron chi connectivity index (χ3n) is 5.67. The minimum absolute atomic E-state index is 0.0839. The van der Waals surface area contributed by atoms with Gasteiger partial charge >= 0.3 is 0 Å². The minimum atomic E-state index is -0.175. The number of aromatic nitrogens is 1. The van der Waals surface area contributed by atoms with Crippen LogP contribution in [0.15, 0.2) is 18.2 Å². The van der Waals surface area contributed by atoms with Crippen molar-refractivity contribution in [1.82, 2.24) is 15.2 Å². The Kier molecular flexibility index (Phi) is 5.48. The molecule has 2 aromatic rings. The van der Waals surface area contributed by atoms with E-state index in [1.165, 1.54) is 12.8 Å². The lowest BCUT2D eigenvalue weighted by molar-refractivity contribution is -0.110. The number of nitrogens with zero attached hydrogens (tertiary/aromatic N) is 1. The number of benzene rings is 1. The summed E-state index contributed by atoms with van der Waals surface area (Å²) in [6.07, 6.45) is 4.27. The number of H-pyrrole nitrogens is 1. The first-order chi connectivity index (χ1) is 13.9. The van der Waals surface area contributed by atoms with Gasteiger partial charge in [0.2, 0.25) is 0 Å². The highest BCUT2D eigenvalue weighted by Crippen LogP contribution is 2.35. The molecule has 0 bridgehead atoms. The highest BCUT2D eigenvalue weighted by Gasteiger charge is 2.26. The molecule has 3 N–H and O–H groups in total. The van der Waals surface area contributed by atoms with E-state index in [2.05, 4.69) is 20.5 Å². The molecule has 1 saturated heterocycles. The maximum absolute atomic E-state index is 12.8. The van der Waals surface area contributed by atoms with Gasteiger partial charge in [0.25, 0.3) is 11.8 Å². The van der Waals surface area contributed by atoms with Crippen molar-refractivity contribution in [3.05, 3.63) is 51.3 Å². The Labute approximate surface area is 175 Å². The number of rotatable bonds is 5. The van der Waals surface area contributed by atoms with Crippen molar-refractivity contribution < 1.29 is 9.59 Å². The fourth-order valence-electron chi connectivity index (χ4n) is 4.13. The first kappa shape index (κ1) is 19.7. The largest absolute Gasteiger partial charge is 0.358 e. The molecule has 152 valence electrons. The van der Waals surface area contributed by atoms with Crippen LogP contribution in [0.5, 0.6) is 0 Å². The average molecular weight is 413 g/mol. The molecule has 2 aliphatic rings. The monoisotopic (exact) mass is 412 g/mol. The molecule has 3 heterocycles. The number of likely N-dealkylation sites (tertiary alicyclic amines) is 1. The number of carbonyl (C=O) groups is 2. The Bertz CT molecular complexity index is 1000. The molecule has 1 fully saturated rings. The van der Waals surface area contributed by atoms with E-state index < -0.39 is 0 Å². The number of halogens is 1. The van der Waals surface area contributed by atoms with Crippen molar-refractivity contribution >= 4 is 40.8 Å². The van der Waals surface area contributed by atoms with Gasteiger partial charge in [-0.2, -0.15) is 0 Å². The molecule has 0 aliphatic carbocycles. The van der Waals surface area contributed by atoms with Crippen molar-refractivity contribution in [2.45, 2.75) is 26.7 Å². The molecule has 7 heteroatoms. The van der Waals surface area contributed by atoms with Gasteiger partial charge in [-0.3, -0.25) is 9.59 Å². The summed E-state index contributed by atoms with van der Waals surface area (Å²) in [5.41, 5.74) is 5.06. The Morgan fingerprint density at radius 3 is 2.79 bits per heavy atom. The minimum Gasteiger partial charge on any atom is -0.358 e. The van der Waals surface area contributed by atoms with Crippen LogP contribution in [-0.4, -0.2) is 47.9 Å². The fraction of sp³-hybridized carbons (Fsp3) is 0.364. The van der Waals surface area contributed by atoms with E-state index in [4.69, 9.17) is 11.6 Å². The molecule has 0 unspecified atom stereocenters. The molecule has 2 amide bonds. The lowest BCUT2D eigenvalue weighted by Gasteiger charge is -2.14. The fourth-order valence-corrected chi connectivity index (χ4v) is 4.30. The molecule has 0 radical (unpaired) electrons. The Hall–Kier alpha value is -2.57. The predicted molar refractivity (Wildman–Crippen MR) is 116 cm³/mol. The van der Waals surface area contributed by atoms with Gasteiger partial charge in [0.1, 0.15) is 0 Å². The van der Waals surface area contributed by atoms with Crippen LogP contribution in [0.4, 0.5) is 5.69 Å². The van der Waals surface area contributed by atoms with E-state index >= 15 is 0 Å². The highest BCUT2D eigenvalue weighted by atomic mass is 35.5. The second-order valence-electron chi connectivity index (χ2n) is 7.67. The SMILES string of the molecule is Cc1[nH]c(C=C2C(=O)Nc3ccc(Cl)cc32)c(C)c1C(=O)NCCN1CCCC1. The summed E-state index contributed by atoms with van der Waals surface area (Å²) in [6.45, 7) is 7.52. The van der Waals surface area contributed by atoms with Crippen molar-refractivity contribution in [3.63, 3.8) is 0 Å². The number of aromatic amines is 1. The molecular weight excluding hydrogens is 388 g/mol. The number of fused-ring (bicyclic) bond motifs is 1. The maximum atomic E-state index is 12.8. The van der Waals surface area contributed by atoms with Gasteiger partial charge in [0.05, 0.1) is 11.1 Å². The highest BCUT2D eigenvalue weighted by molar-refractivity contribution is 6.36. The summed E-state index contributed by atoms with van der Waals surface area (Å²) >= 11 is 6.11. The van der Waals surface area contributed by atoms with E-state index in [0.29, 0.717) is 22.7 Å². The van der Waals surface area contributed by atoms with Gasteiger partial charge in [-0.05, 0) is 69.6 Å². The summed E-state index contributed by atoms with van der Waals surface area (Å²) in [7, 11) is 0. The standard InChI is InChI=1S/C22H25ClN4O2/c1-13-19(12-17-16-11-15(23)5-6-18(16)26-21(17)28)25-14(2)20(13)22(29)24-7-10-27-8-3-4-9-27/h5-6,11-12,25H,3-4,7-10H2,1-2H3,(H,24,29)(H,26,28). The van der Waals surface area contributed by atoms with E-state index in [-0.39, 0.29) is 11.8 Å². The van der Waals surface area contributed by atoms with Gasteiger partial charge in [0, 0.05) is 40.8 Å². The van der Waals surface area contributed by atoms with Crippen LogP contribution in [-0.2, 0) is 4.79 Å². The van der Waals surface area contributed by atoms with E-state index in [1.807, 2.05) is 13.8 Å². The third kappa shape index (κ3) is 3.95. The molecule has 4 rings (SSSR count). The van der Waals surface area contributed by atoms with Crippen LogP contribution in [0.1, 0.15) is 45.7 Å². The third-order valence-corrected chi connectivity index (χ3v) is 5.90. The van der Waals surface area contributed by atoms with Gasteiger partial charge in [-0.15, -0.1) is 0 Å². The summed E-state index contributed by atoms with van der Waals surface area (Å²) in [6, 6.07) is 5.32. The Morgan fingerprint density at radius 2 is 2.03 bits per heavy atom. The molecule has 29 heavy (non-hydrogen) atoms. The summed E-state index contributed by atoms with van der Waals surface area (Å²) in [5.74, 6) is -0.259. The zero-order valence-corrected chi connectivity index (χ0v) is 17.4. The number of hydrogen-bond donors (Lipinski definition) is 3. The topological polar surface area (TPSA) is 77.2 Å². The second kappa shape index (κ2) is 8.05. The van der Waals surface area contributed by atoms with Crippen LogP contribution in [0, 0.1) is 13.8 Å². The summed E-state index contributed by atoms with van der Waals surface area (Å²) in [4.78, 5) is 30.8. The smallest absolute Gasteiger partial charge is 0.256 e. The average Bonchev–Trinajstić information content (AvgIpc) is 3.36. The summed E-state index contributed by atoms with van der Waals surface area (Å²) in [5, 5.41) is 6.45. The molecule has 1 aromatic carbocycles. The summed E-state index contributed by atoms with van der Waals surface area (Å²) < 4.78 is 0. The predicted octanol–water partition coefficient (Wildman–Crippen LogP) is 3.60. The first-order valence-corrected chi connectivity index (χ1v) is 10.3. The second-order valence-corrected chi connectivity index (χ2v) is 8.11. The van der Waals surface area contributed by atoms with Crippen molar-refractivity contribution in [3.8, 4) is 0 Å². The van der Waals surface area contributed by atoms with Gasteiger partial charge in [-0.25, -0.2) is 0 Å². The molecule has 1 aromatic heterocycles. The van der Waals surface area contributed by atoms with Crippen LogP contribution in [0.3, 0.4) is 0 Å². The first-order valence-electron chi connectivity index (χ1n) is 9.96. The Morgan fingerprint density at radius 1 is 1.28 bits per heavy atom. The zero-order chi connectivity index (χ0) is 20.5. The zero-order valence-electron chi connectivity index (χ0n) is 16.7. The number of nitrogens with one attached hydrogen (secondary N) is 3. The number of amides is 2. The Balaban J connectivity index is 1.54. The molecule has 0 spiro atoms. The van der Waals surface area contributed by atoms with Gasteiger partial charge < -0.3 is 20.5 Å². The number of aryl methyl sites for hydroxylation is 1. The molecule has 0 atom stereocenters. The van der Waals surface area contributed by atoms with Crippen molar-refractivity contribution in [1.29, 1.82) is 0 Å². The number of carbonyl (C=O) groups excluding carboxylic acids is 2. The molecule has 6 nitrogen and oxygen atoms in total. The normalized spacial score (nSPS) is 17.6. The molecule has 0 saturated carbocycles. The van der Waals surface area contributed by atoms with E-state index in [1.54, 1.807) is 24.3 Å². The maximum Gasteiger partial charge on any atom is 0.256 e. The quantitative estimate of drug-likeness (QED) is 0.656. The van der Waals surface area contributed by atoms with Crippen LogP contribution in [0.2, 0.25) is 5.02 Å². The number of anilines is 1. The van der Waals surface area contributed by atoms with Crippen LogP contribution >= 0.6 is 11.6 Å². The molecule has 2 aliphatic heterocycles. The molecular formula is C22H25ClN4O2.